The summed E-state index contributed by atoms with van der Waals surface area (Å²) in [6.45, 7) is 12.9. The van der Waals surface area contributed by atoms with Crippen molar-refractivity contribution >= 4 is 26.0 Å². The molecule has 0 saturated heterocycles. The molecule has 0 N–H and O–H groups in total. The number of carbonyl (C=O) groups excluding carboxylic acids is 1. The van der Waals surface area contributed by atoms with Gasteiger partial charge in [-0.3, -0.25) is 4.79 Å². The first-order chi connectivity index (χ1) is 12.9. The minimum Gasteiger partial charge on any atom is -0.464 e. The monoisotopic (exact) mass is 451 g/mol. The fourth-order valence-corrected chi connectivity index (χ4v) is 7.54. The second-order valence-corrected chi connectivity index (χ2v) is 15.1. The van der Waals surface area contributed by atoms with Gasteiger partial charge in [0.15, 0.2) is 4.75 Å². The van der Waals surface area contributed by atoms with E-state index in [0.717, 1.165) is 32.7 Å². The van der Waals surface area contributed by atoms with Crippen LogP contribution in [0.5, 0.6) is 0 Å². The first-order valence-corrected chi connectivity index (χ1v) is 12.9. The molecule has 0 bridgehead atoms. The second-order valence-electron chi connectivity index (χ2n) is 9.66. The molecular formula is C20H37NO6S2. The van der Waals surface area contributed by atoms with E-state index >= 15 is 0 Å². The zero-order valence-corrected chi connectivity index (χ0v) is 20.5. The van der Waals surface area contributed by atoms with Gasteiger partial charge in [0.1, 0.15) is 0 Å². The number of esters is 1. The van der Waals surface area contributed by atoms with Gasteiger partial charge in [0, 0.05) is 7.05 Å². The lowest BCUT2D eigenvalue weighted by molar-refractivity contribution is -0.146. The highest BCUT2D eigenvalue weighted by Crippen LogP contribution is 2.34. The van der Waals surface area contributed by atoms with E-state index in [0.29, 0.717) is 22.0 Å². The van der Waals surface area contributed by atoms with Crippen molar-refractivity contribution in [2.24, 2.45) is 11.8 Å². The van der Waals surface area contributed by atoms with Gasteiger partial charge in [-0.1, -0.05) is 22.8 Å². The predicted molar refractivity (Wildman–Crippen MR) is 115 cm³/mol. The fraction of sp³-hybridized carbons (Fsp3) is 0.850. The van der Waals surface area contributed by atoms with Crippen LogP contribution in [0.25, 0.3) is 0 Å². The standard InChI is InChI=1S/C20H37NO6S2/c1-15-12-16(2)14-17(13-15)10-9-11-27-18(22)20(6,7)29(25,26)21(8)28(23,24)19(3,4)5/h16-17H,1,9-14H2,2-8H3. The topological polar surface area (TPSA) is 97.8 Å². The number of carbonyl (C=O) groups is 1. The van der Waals surface area contributed by atoms with E-state index in [1.165, 1.54) is 40.2 Å². The maximum atomic E-state index is 12.9. The van der Waals surface area contributed by atoms with Gasteiger partial charge in [-0.15, -0.1) is 0 Å². The van der Waals surface area contributed by atoms with Crippen LogP contribution in [0.1, 0.15) is 73.6 Å². The van der Waals surface area contributed by atoms with Crippen LogP contribution in [0, 0.1) is 11.8 Å². The largest absolute Gasteiger partial charge is 0.464 e. The van der Waals surface area contributed by atoms with Crippen LogP contribution >= 0.6 is 0 Å². The number of ether oxygens (including phenoxy) is 1. The highest BCUT2D eigenvalue weighted by Gasteiger charge is 2.51. The third-order valence-corrected chi connectivity index (χ3v) is 11.1. The van der Waals surface area contributed by atoms with Crippen LogP contribution in [0.3, 0.4) is 0 Å². The lowest BCUT2D eigenvalue weighted by Crippen LogP contribution is -2.53. The third-order valence-electron chi connectivity index (χ3n) is 5.53. The molecule has 1 saturated carbocycles. The van der Waals surface area contributed by atoms with E-state index in [2.05, 4.69) is 13.5 Å². The Labute approximate surface area is 177 Å². The number of sulfonamides is 2. The lowest BCUT2D eigenvalue weighted by Gasteiger charge is -2.32. The van der Waals surface area contributed by atoms with Crippen LogP contribution in [0.2, 0.25) is 0 Å². The Hall–Kier alpha value is -0.930. The molecule has 1 rings (SSSR count). The molecule has 1 aliphatic carbocycles. The molecule has 29 heavy (non-hydrogen) atoms. The molecule has 0 amide bonds. The summed E-state index contributed by atoms with van der Waals surface area (Å²) in [5, 5.41) is 0. The van der Waals surface area contributed by atoms with E-state index < -0.39 is 35.5 Å². The Bertz CT molecular complexity index is 822. The zero-order valence-electron chi connectivity index (χ0n) is 18.8. The minimum absolute atomic E-state index is 0.102. The number of nitrogens with zero attached hydrogens (tertiary/aromatic N) is 1. The average molecular weight is 452 g/mol. The van der Waals surface area contributed by atoms with E-state index in [1.54, 1.807) is 0 Å². The third kappa shape index (κ3) is 5.82. The molecule has 9 heteroatoms. The lowest BCUT2D eigenvalue weighted by atomic mass is 9.78. The van der Waals surface area contributed by atoms with E-state index in [4.69, 9.17) is 4.74 Å². The van der Waals surface area contributed by atoms with Gasteiger partial charge in [-0.25, -0.2) is 16.8 Å². The van der Waals surface area contributed by atoms with Crippen molar-refractivity contribution in [3.8, 4) is 0 Å². The van der Waals surface area contributed by atoms with Crippen molar-refractivity contribution in [1.29, 1.82) is 0 Å². The summed E-state index contributed by atoms with van der Waals surface area (Å²) in [5.41, 5.74) is 1.25. The van der Waals surface area contributed by atoms with Crippen LogP contribution in [-0.2, 0) is 29.6 Å². The number of hydrogen-bond donors (Lipinski definition) is 0. The van der Waals surface area contributed by atoms with E-state index in [-0.39, 0.29) is 6.61 Å². The normalized spacial score (nSPS) is 22.0. The predicted octanol–water partition coefficient (Wildman–Crippen LogP) is 3.47. The van der Waals surface area contributed by atoms with Crippen molar-refractivity contribution in [2.75, 3.05) is 13.7 Å². The molecule has 1 aliphatic rings. The molecule has 0 aliphatic heterocycles. The Morgan fingerprint density at radius 1 is 1.10 bits per heavy atom. The molecule has 2 unspecified atom stereocenters. The summed E-state index contributed by atoms with van der Waals surface area (Å²) in [6.07, 6.45) is 4.66. The van der Waals surface area contributed by atoms with Crippen molar-refractivity contribution in [1.82, 2.24) is 3.71 Å². The Morgan fingerprint density at radius 2 is 1.66 bits per heavy atom. The molecule has 0 aromatic rings. The number of rotatable bonds is 8. The van der Waals surface area contributed by atoms with Gasteiger partial charge in [-0.05, 0) is 78.6 Å². The van der Waals surface area contributed by atoms with Gasteiger partial charge in [-0.2, -0.15) is 0 Å². The van der Waals surface area contributed by atoms with E-state index in [9.17, 15) is 21.6 Å². The molecule has 0 radical (unpaired) electrons. The first-order valence-electron chi connectivity index (χ1n) is 10.0. The Balaban J connectivity index is 2.73. The van der Waals surface area contributed by atoms with E-state index in [1.807, 2.05) is 0 Å². The molecule has 0 aromatic heterocycles. The number of hydrogen-bond acceptors (Lipinski definition) is 6. The summed E-state index contributed by atoms with van der Waals surface area (Å²) < 4.78 is 53.0. The Kier molecular flexibility index (Phi) is 8.15. The first kappa shape index (κ1) is 26.1. The highest BCUT2D eigenvalue weighted by atomic mass is 32.3. The number of allylic oxidation sites excluding steroid dienone is 1. The zero-order chi connectivity index (χ0) is 22.8. The quantitative estimate of drug-likeness (QED) is 0.318. The smallest absolute Gasteiger partial charge is 0.328 e. The molecular weight excluding hydrogens is 414 g/mol. The van der Waals surface area contributed by atoms with Gasteiger partial charge in [0.05, 0.1) is 11.4 Å². The van der Waals surface area contributed by atoms with Crippen molar-refractivity contribution in [3.63, 3.8) is 0 Å². The maximum Gasteiger partial charge on any atom is 0.328 e. The summed E-state index contributed by atoms with van der Waals surface area (Å²) in [4.78, 5) is 12.5. The highest BCUT2D eigenvalue weighted by molar-refractivity contribution is 8.05. The molecule has 0 aromatic carbocycles. The summed E-state index contributed by atoms with van der Waals surface area (Å²) >= 11 is 0. The van der Waals surface area contributed by atoms with Crippen molar-refractivity contribution < 1.29 is 26.4 Å². The van der Waals surface area contributed by atoms with Crippen LogP contribution in [0.4, 0.5) is 0 Å². The van der Waals surface area contributed by atoms with Crippen molar-refractivity contribution in [3.05, 3.63) is 12.2 Å². The molecule has 0 heterocycles. The van der Waals surface area contributed by atoms with Gasteiger partial charge >= 0.3 is 5.97 Å². The van der Waals surface area contributed by atoms with Crippen LogP contribution in [-0.4, -0.2) is 49.7 Å². The average Bonchev–Trinajstić information content (AvgIpc) is 2.55. The minimum atomic E-state index is -4.49. The van der Waals surface area contributed by atoms with Gasteiger partial charge in [0.2, 0.25) is 20.0 Å². The molecule has 2 atom stereocenters. The van der Waals surface area contributed by atoms with Crippen LogP contribution in [0.15, 0.2) is 12.2 Å². The summed E-state index contributed by atoms with van der Waals surface area (Å²) in [7, 11) is -7.70. The molecule has 0 spiro atoms. The Morgan fingerprint density at radius 3 is 2.14 bits per heavy atom. The second kappa shape index (κ2) is 9.06. The molecule has 1 fully saturated rings. The summed E-state index contributed by atoms with van der Waals surface area (Å²) in [6, 6.07) is 0. The fourth-order valence-electron chi connectivity index (χ4n) is 3.59. The van der Waals surface area contributed by atoms with Crippen molar-refractivity contribution in [2.45, 2.75) is 83.1 Å². The van der Waals surface area contributed by atoms with Gasteiger partial charge < -0.3 is 4.74 Å². The van der Waals surface area contributed by atoms with Gasteiger partial charge in [0.25, 0.3) is 0 Å². The SMILES string of the molecule is C=C1CC(C)CC(CCCOC(=O)C(C)(C)S(=O)(=O)N(C)S(=O)(=O)C(C)(C)C)C1. The molecule has 170 valence electrons. The molecule has 7 nitrogen and oxygen atoms in total. The van der Waals surface area contributed by atoms with Crippen LogP contribution < -0.4 is 0 Å². The maximum absolute atomic E-state index is 12.9. The summed E-state index contributed by atoms with van der Waals surface area (Å²) in [5.74, 6) is 0.160.